The van der Waals surface area contributed by atoms with Crippen molar-refractivity contribution in [3.05, 3.63) is 35.2 Å². The lowest BCUT2D eigenvalue weighted by atomic mass is 10.1. The molecular formula is C19H23FN2O4. The number of carbonyl (C=O) groups excluding carboxylic acids is 2. The van der Waals surface area contributed by atoms with Gasteiger partial charge in [-0.15, -0.1) is 0 Å². The molecule has 7 heteroatoms. The Bertz CT molecular complexity index is 754. The minimum atomic E-state index is -0.564. The average Bonchev–Trinajstić information content (AvgIpc) is 2.99. The van der Waals surface area contributed by atoms with Gasteiger partial charge in [-0.2, -0.15) is 0 Å². The van der Waals surface area contributed by atoms with Crippen molar-refractivity contribution < 1.29 is 23.5 Å². The van der Waals surface area contributed by atoms with Crippen LogP contribution in [0.3, 0.4) is 0 Å². The largest absolute Gasteiger partial charge is 0.488 e. The van der Waals surface area contributed by atoms with E-state index in [0.29, 0.717) is 36.4 Å². The Morgan fingerprint density at radius 3 is 2.85 bits per heavy atom. The smallest absolute Gasteiger partial charge is 0.407 e. The highest BCUT2D eigenvalue weighted by Crippen LogP contribution is 2.28. The van der Waals surface area contributed by atoms with Gasteiger partial charge in [-0.1, -0.05) is 0 Å². The average molecular weight is 362 g/mol. The third kappa shape index (κ3) is 4.33. The maximum atomic E-state index is 13.4. The van der Waals surface area contributed by atoms with Crippen molar-refractivity contribution in [2.45, 2.75) is 38.8 Å². The SMILES string of the molecule is CC(C)(C)OC(=O)N[C@@H]1CCN(C(=O)C2=Cc3cc(F)ccc3OC2)C1. The fourth-order valence-corrected chi connectivity index (χ4v) is 3.01. The zero-order valence-electron chi connectivity index (χ0n) is 15.2. The molecule has 1 aromatic carbocycles. The fourth-order valence-electron chi connectivity index (χ4n) is 3.01. The summed E-state index contributed by atoms with van der Waals surface area (Å²) in [6.07, 6.45) is 1.84. The minimum absolute atomic E-state index is 0.149. The summed E-state index contributed by atoms with van der Waals surface area (Å²) in [6, 6.07) is 4.08. The van der Waals surface area contributed by atoms with Crippen molar-refractivity contribution in [1.82, 2.24) is 10.2 Å². The molecule has 2 amide bonds. The highest BCUT2D eigenvalue weighted by atomic mass is 19.1. The molecule has 1 atom stereocenters. The predicted molar refractivity (Wildman–Crippen MR) is 94.2 cm³/mol. The molecule has 140 valence electrons. The maximum absolute atomic E-state index is 13.4. The highest BCUT2D eigenvalue weighted by molar-refractivity contribution is 5.99. The number of hydrogen-bond donors (Lipinski definition) is 1. The van der Waals surface area contributed by atoms with Crippen LogP contribution < -0.4 is 10.1 Å². The van der Waals surface area contributed by atoms with Crippen LogP contribution in [0, 0.1) is 5.82 Å². The van der Waals surface area contributed by atoms with Crippen molar-refractivity contribution in [3.8, 4) is 5.75 Å². The first-order valence-corrected chi connectivity index (χ1v) is 8.63. The van der Waals surface area contributed by atoms with Crippen molar-refractivity contribution >= 4 is 18.1 Å². The molecule has 1 aromatic rings. The second-order valence-electron chi connectivity index (χ2n) is 7.52. The number of nitrogens with zero attached hydrogens (tertiary/aromatic N) is 1. The lowest BCUT2D eigenvalue weighted by Gasteiger charge is -2.23. The summed E-state index contributed by atoms with van der Waals surface area (Å²) in [6.45, 7) is 6.49. The molecule has 1 saturated heterocycles. The van der Waals surface area contributed by atoms with Gasteiger partial charge in [0.2, 0.25) is 0 Å². The summed E-state index contributed by atoms with van der Waals surface area (Å²) in [5, 5.41) is 2.79. The molecule has 26 heavy (non-hydrogen) atoms. The van der Waals surface area contributed by atoms with Crippen molar-refractivity contribution in [2.24, 2.45) is 0 Å². The summed E-state index contributed by atoms with van der Waals surface area (Å²) in [4.78, 5) is 26.2. The number of hydrogen-bond acceptors (Lipinski definition) is 4. The number of ether oxygens (including phenoxy) is 2. The van der Waals surface area contributed by atoms with Crippen LogP contribution in [0.25, 0.3) is 6.08 Å². The first kappa shape index (κ1) is 18.2. The number of carbonyl (C=O) groups is 2. The number of alkyl carbamates (subject to hydrolysis) is 1. The number of halogens is 1. The molecule has 0 bridgehead atoms. The molecule has 2 heterocycles. The van der Waals surface area contributed by atoms with Gasteiger partial charge in [0, 0.05) is 18.7 Å². The van der Waals surface area contributed by atoms with Crippen LogP contribution in [0.2, 0.25) is 0 Å². The number of amides is 2. The zero-order chi connectivity index (χ0) is 18.9. The van der Waals surface area contributed by atoms with Gasteiger partial charge in [0.1, 0.15) is 23.8 Å². The van der Waals surface area contributed by atoms with Crippen molar-refractivity contribution in [3.63, 3.8) is 0 Å². The van der Waals surface area contributed by atoms with Gasteiger partial charge in [0.25, 0.3) is 5.91 Å². The standard InChI is InChI=1S/C19H23FN2O4/c1-19(2,3)26-18(24)21-15-6-7-22(10-15)17(23)13-8-12-9-14(20)4-5-16(12)25-11-13/h4-5,8-9,15H,6-7,10-11H2,1-3H3,(H,21,24)/t15-/m1/s1. The van der Waals surface area contributed by atoms with Gasteiger partial charge >= 0.3 is 6.09 Å². The van der Waals surface area contributed by atoms with Gasteiger partial charge in [0.05, 0.1) is 11.6 Å². The molecule has 0 unspecified atom stereocenters. The predicted octanol–water partition coefficient (Wildman–Crippen LogP) is 2.73. The Hall–Kier alpha value is -2.57. The molecule has 1 fully saturated rings. The van der Waals surface area contributed by atoms with Gasteiger partial charge in [-0.3, -0.25) is 4.79 Å². The summed E-state index contributed by atoms with van der Waals surface area (Å²) in [5.74, 6) is 0.0299. The van der Waals surface area contributed by atoms with E-state index in [4.69, 9.17) is 9.47 Å². The number of fused-ring (bicyclic) bond motifs is 1. The molecule has 0 aliphatic carbocycles. The van der Waals surface area contributed by atoms with Crippen molar-refractivity contribution in [2.75, 3.05) is 19.7 Å². The van der Waals surface area contributed by atoms with Gasteiger partial charge in [-0.25, -0.2) is 9.18 Å². The molecule has 0 spiro atoms. The molecule has 3 rings (SSSR count). The summed E-state index contributed by atoms with van der Waals surface area (Å²) >= 11 is 0. The van der Waals surface area contributed by atoms with Gasteiger partial charge in [-0.05, 0) is 51.5 Å². The summed E-state index contributed by atoms with van der Waals surface area (Å²) < 4.78 is 24.2. The van der Waals surface area contributed by atoms with E-state index in [0.717, 1.165) is 0 Å². The van der Waals surface area contributed by atoms with Crippen LogP contribution in [0.4, 0.5) is 9.18 Å². The summed E-state index contributed by atoms with van der Waals surface area (Å²) in [5.41, 5.74) is 0.466. The normalized spacial score (nSPS) is 19.3. The zero-order valence-corrected chi connectivity index (χ0v) is 15.2. The third-order valence-electron chi connectivity index (χ3n) is 4.16. The lowest BCUT2D eigenvalue weighted by molar-refractivity contribution is -0.126. The van der Waals surface area contributed by atoms with E-state index in [1.807, 2.05) is 0 Å². The molecule has 0 radical (unpaired) electrons. The Balaban J connectivity index is 1.61. The van der Waals surface area contributed by atoms with E-state index in [1.54, 1.807) is 37.8 Å². The van der Waals surface area contributed by atoms with Crippen LogP contribution in [0.15, 0.2) is 23.8 Å². The van der Waals surface area contributed by atoms with E-state index in [1.165, 1.54) is 12.1 Å². The number of rotatable bonds is 2. The van der Waals surface area contributed by atoms with E-state index in [9.17, 15) is 14.0 Å². The third-order valence-corrected chi connectivity index (χ3v) is 4.16. The van der Waals surface area contributed by atoms with E-state index in [2.05, 4.69) is 5.32 Å². The maximum Gasteiger partial charge on any atom is 0.407 e. The molecule has 6 nitrogen and oxygen atoms in total. The Kier molecular flexibility index (Phi) is 4.89. The van der Waals surface area contributed by atoms with Crippen molar-refractivity contribution in [1.29, 1.82) is 0 Å². The minimum Gasteiger partial charge on any atom is -0.488 e. The molecule has 0 aromatic heterocycles. The Morgan fingerprint density at radius 2 is 2.12 bits per heavy atom. The fraction of sp³-hybridized carbons (Fsp3) is 0.474. The molecule has 1 N–H and O–H groups in total. The molecule has 2 aliphatic rings. The topological polar surface area (TPSA) is 67.9 Å². The Morgan fingerprint density at radius 1 is 1.35 bits per heavy atom. The number of benzene rings is 1. The summed E-state index contributed by atoms with van der Waals surface area (Å²) in [7, 11) is 0. The van der Waals surface area contributed by atoms with Crippen LogP contribution in [0.1, 0.15) is 32.8 Å². The van der Waals surface area contributed by atoms with E-state index < -0.39 is 11.7 Å². The monoisotopic (exact) mass is 362 g/mol. The van der Waals surface area contributed by atoms with Gasteiger partial charge in [0.15, 0.2) is 0 Å². The molecule has 0 saturated carbocycles. The van der Waals surface area contributed by atoms with Crippen LogP contribution in [0.5, 0.6) is 5.75 Å². The number of likely N-dealkylation sites (tertiary alicyclic amines) is 1. The van der Waals surface area contributed by atoms with E-state index in [-0.39, 0.29) is 24.4 Å². The van der Waals surface area contributed by atoms with E-state index >= 15 is 0 Å². The Labute approximate surface area is 151 Å². The van der Waals surface area contributed by atoms with Crippen LogP contribution in [-0.2, 0) is 9.53 Å². The lowest BCUT2D eigenvalue weighted by Crippen LogP contribution is -2.41. The van der Waals surface area contributed by atoms with Crippen LogP contribution in [-0.4, -0.2) is 48.2 Å². The second-order valence-corrected chi connectivity index (χ2v) is 7.52. The quantitative estimate of drug-likeness (QED) is 0.878. The van der Waals surface area contributed by atoms with Crippen LogP contribution >= 0.6 is 0 Å². The van der Waals surface area contributed by atoms with Gasteiger partial charge < -0.3 is 19.7 Å². The molecule has 2 aliphatic heterocycles. The first-order chi connectivity index (χ1) is 12.2. The first-order valence-electron chi connectivity index (χ1n) is 8.63. The molecular weight excluding hydrogens is 339 g/mol. The second kappa shape index (κ2) is 6.97. The highest BCUT2D eigenvalue weighted by Gasteiger charge is 2.31. The number of nitrogens with one attached hydrogen (secondary N) is 1.